The van der Waals surface area contributed by atoms with Gasteiger partial charge in [0, 0.05) is 60.8 Å². The summed E-state index contributed by atoms with van der Waals surface area (Å²) in [4.78, 5) is 11.8. The van der Waals surface area contributed by atoms with Gasteiger partial charge in [-0.2, -0.15) is 12.1 Å². The number of anilines is 5. The van der Waals surface area contributed by atoms with E-state index in [2.05, 4.69) is 232 Å². The van der Waals surface area contributed by atoms with Crippen molar-refractivity contribution in [2.24, 2.45) is 0 Å². The van der Waals surface area contributed by atoms with Gasteiger partial charge in [-0.25, -0.2) is 4.98 Å². The number of aromatic nitrogens is 2. The zero-order valence-corrected chi connectivity index (χ0v) is 41.0. The number of ether oxygens (including phenoxy) is 1. The summed E-state index contributed by atoms with van der Waals surface area (Å²) in [7, 11) is 0. The largest absolute Gasteiger partial charge is 0.509 e. The second-order valence-corrected chi connectivity index (χ2v) is 19.9. The van der Waals surface area contributed by atoms with E-state index in [0.717, 1.165) is 44.6 Å². The Bertz CT molecular complexity index is 3370. The van der Waals surface area contributed by atoms with E-state index in [1.807, 2.05) is 24.4 Å². The maximum Gasteiger partial charge on any atom is 0.135 e. The van der Waals surface area contributed by atoms with Gasteiger partial charge in [0.05, 0.1) is 17.1 Å². The van der Waals surface area contributed by atoms with Crippen LogP contribution >= 0.6 is 0 Å². The molecule has 7 aromatic carbocycles. The molecule has 0 amide bonds. The first-order chi connectivity index (χ1) is 31.8. The minimum absolute atomic E-state index is 0. The molecule has 0 unspecified atom stereocenters. The van der Waals surface area contributed by atoms with Crippen molar-refractivity contribution in [1.29, 1.82) is 0 Å². The molecule has 0 spiro atoms. The molecule has 12 rings (SSSR count). The molecular weight excluding hydrogens is 1000 g/mol. The van der Waals surface area contributed by atoms with Crippen LogP contribution in [-0.2, 0) is 37.3 Å². The number of rotatable bonds is 6. The monoisotopic (exact) mass is 1050 g/mol. The summed E-state index contributed by atoms with van der Waals surface area (Å²) in [6.07, 6.45) is 6.13. The minimum Gasteiger partial charge on any atom is -0.509 e. The minimum atomic E-state index is -0.218. The Hall–Kier alpha value is -6.88. The molecule has 334 valence electrons. The summed E-state index contributed by atoms with van der Waals surface area (Å²) < 4.78 is 8.86. The molecule has 0 bridgehead atoms. The van der Waals surface area contributed by atoms with Crippen LogP contribution in [0.15, 0.2) is 170 Å². The van der Waals surface area contributed by atoms with Crippen molar-refractivity contribution >= 4 is 50.2 Å². The molecule has 0 fully saturated rings. The Balaban J connectivity index is 0.00000494. The Morgan fingerprint density at radius 3 is 1.94 bits per heavy atom. The number of pyridine rings is 1. The number of benzene rings is 7. The second kappa shape index (κ2) is 15.6. The van der Waals surface area contributed by atoms with E-state index in [1.165, 1.54) is 50.4 Å². The van der Waals surface area contributed by atoms with Crippen LogP contribution in [0.3, 0.4) is 0 Å². The molecule has 0 saturated heterocycles. The van der Waals surface area contributed by atoms with Crippen molar-refractivity contribution in [1.82, 2.24) is 9.55 Å². The fourth-order valence-corrected chi connectivity index (χ4v) is 10.5. The molecule has 3 aliphatic heterocycles. The maximum atomic E-state index is 6.64. The molecule has 5 heterocycles. The normalized spacial score (nSPS) is 15.3. The van der Waals surface area contributed by atoms with Crippen molar-refractivity contribution in [2.75, 3.05) is 14.7 Å². The summed E-state index contributed by atoms with van der Waals surface area (Å²) in [5, 5.41) is 2.21. The predicted octanol–water partition coefficient (Wildman–Crippen LogP) is 15.2. The van der Waals surface area contributed by atoms with E-state index in [4.69, 9.17) is 9.72 Å². The smallest absolute Gasteiger partial charge is 0.135 e. The van der Waals surface area contributed by atoms with Crippen LogP contribution in [0, 0.1) is 18.8 Å². The number of hydrogen-bond donors (Lipinski definition) is 0. The summed E-state index contributed by atoms with van der Waals surface area (Å²) in [5.74, 6) is 2.05. The molecular formula is C60H50N5OPt-3. The predicted molar refractivity (Wildman–Crippen MR) is 271 cm³/mol. The third-order valence-corrected chi connectivity index (χ3v) is 14.1. The Morgan fingerprint density at radius 2 is 1.24 bits per heavy atom. The van der Waals surface area contributed by atoms with E-state index in [-0.39, 0.29) is 37.3 Å². The van der Waals surface area contributed by atoms with Gasteiger partial charge in [-0.1, -0.05) is 133 Å². The molecule has 6 nitrogen and oxygen atoms in total. The van der Waals surface area contributed by atoms with Gasteiger partial charge in [0.15, 0.2) is 0 Å². The summed E-state index contributed by atoms with van der Waals surface area (Å²) in [6, 6.07) is 61.5. The molecule has 2 aromatic heterocycles. The molecule has 0 saturated carbocycles. The average Bonchev–Trinajstić information content (AvgIpc) is 3.95. The van der Waals surface area contributed by atoms with Crippen molar-refractivity contribution in [2.45, 2.75) is 64.7 Å². The maximum absolute atomic E-state index is 6.64. The third kappa shape index (κ3) is 6.82. The Morgan fingerprint density at radius 1 is 0.582 bits per heavy atom. The van der Waals surface area contributed by atoms with E-state index < -0.39 is 0 Å². The molecule has 9 aromatic rings. The molecule has 7 heteroatoms. The second-order valence-electron chi connectivity index (χ2n) is 19.9. The van der Waals surface area contributed by atoms with Crippen LogP contribution in [0.1, 0.15) is 76.3 Å². The van der Waals surface area contributed by atoms with Crippen LogP contribution in [0.25, 0.3) is 38.8 Å². The van der Waals surface area contributed by atoms with Crippen molar-refractivity contribution in [3.8, 4) is 28.4 Å². The van der Waals surface area contributed by atoms with E-state index >= 15 is 0 Å². The van der Waals surface area contributed by atoms with Gasteiger partial charge in [0.2, 0.25) is 0 Å². The zero-order chi connectivity index (χ0) is 45.1. The zero-order valence-electron chi connectivity index (χ0n) is 38.7. The van der Waals surface area contributed by atoms with Gasteiger partial charge >= 0.3 is 0 Å². The van der Waals surface area contributed by atoms with Crippen molar-refractivity contribution < 1.29 is 25.8 Å². The van der Waals surface area contributed by atoms with Crippen LogP contribution in [0.4, 0.5) is 28.4 Å². The molecule has 67 heavy (non-hydrogen) atoms. The SMILES string of the molecule is CC(C)(C)c1ccnc(-n2c3[c-]c(Oc4[c-]c(N5C=CN(c6cc7c8c(c6)C(C)(C)c6ccccc6N8c6ccccc6C7(C)C)[CH-]5)ccc4)ccc3c3cc(-c4ccccc4)ccc32)c1.[Pt]. The van der Waals surface area contributed by atoms with Crippen LogP contribution in [0.2, 0.25) is 0 Å². The van der Waals surface area contributed by atoms with Crippen LogP contribution < -0.4 is 19.4 Å². The fourth-order valence-electron chi connectivity index (χ4n) is 10.5. The fraction of sp³-hybridized carbons (Fsp3) is 0.167. The van der Waals surface area contributed by atoms with Gasteiger partial charge in [-0.05, 0) is 105 Å². The summed E-state index contributed by atoms with van der Waals surface area (Å²) in [5.41, 5.74) is 16.1. The van der Waals surface area contributed by atoms with Gasteiger partial charge in [-0.3, -0.25) is 0 Å². The number of nitrogens with zero attached hydrogens (tertiary/aromatic N) is 5. The first-order valence-electron chi connectivity index (χ1n) is 22.9. The van der Waals surface area contributed by atoms with Crippen molar-refractivity contribution in [3.63, 3.8) is 0 Å². The molecule has 0 N–H and O–H groups in total. The average molecular weight is 1050 g/mol. The van der Waals surface area contributed by atoms with Gasteiger partial charge in [0.25, 0.3) is 0 Å². The standard InChI is InChI=1S/C60H50N5O.Pt/c1-58(2,3)41-28-29-61-56(33-41)64-52-27-24-40(39-16-9-8-10-17-39)32-47(52)46-26-25-45(37-55(46)64)66-44-19-15-18-42(34-44)62-30-31-63(38-62)43-35-50-57-51(36-43)60(6,7)49-21-12-14-23-54(49)65(57)53-22-13-11-20-48(53)59(50,4)5;/h8-33,35-36,38H,1-7H3;/q-3;. The van der Waals surface area contributed by atoms with E-state index in [1.54, 1.807) is 0 Å². The number of hydrogen-bond acceptors (Lipinski definition) is 5. The molecule has 0 radical (unpaired) electrons. The first-order valence-corrected chi connectivity index (χ1v) is 22.9. The topological polar surface area (TPSA) is 36.8 Å². The third-order valence-electron chi connectivity index (χ3n) is 14.1. The summed E-state index contributed by atoms with van der Waals surface area (Å²) in [6.45, 7) is 18.3. The number of fused-ring (bicyclic) bond motifs is 7. The molecule has 0 atom stereocenters. The van der Waals surface area contributed by atoms with Crippen LogP contribution in [-0.4, -0.2) is 9.55 Å². The Labute approximate surface area is 408 Å². The van der Waals surface area contributed by atoms with E-state index in [9.17, 15) is 0 Å². The Kier molecular flexibility index (Phi) is 9.95. The van der Waals surface area contributed by atoms with Crippen molar-refractivity contribution in [3.05, 3.63) is 217 Å². The molecule has 0 aliphatic carbocycles. The number of para-hydroxylation sites is 2. The first kappa shape index (κ1) is 42.7. The quantitative estimate of drug-likeness (QED) is 0.155. The van der Waals surface area contributed by atoms with Crippen LogP contribution in [0.5, 0.6) is 11.5 Å². The summed E-state index contributed by atoms with van der Waals surface area (Å²) >= 11 is 0. The van der Waals surface area contributed by atoms with Gasteiger partial charge in [-0.15, -0.1) is 48.1 Å². The van der Waals surface area contributed by atoms with E-state index in [0.29, 0.717) is 11.5 Å². The van der Waals surface area contributed by atoms with Gasteiger partial charge < -0.3 is 24.0 Å². The molecule has 3 aliphatic rings. The van der Waals surface area contributed by atoms with Gasteiger partial charge in [0.1, 0.15) is 5.82 Å².